The van der Waals surface area contributed by atoms with Crippen LogP contribution in [0.2, 0.25) is 0 Å². The number of cyclic esters (lactones) is 1. The third-order valence-electron chi connectivity index (χ3n) is 3.04. The zero-order valence-electron chi connectivity index (χ0n) is 10.8. The third kappa shape index (κ3) is 2.89. The monoisotopic (exact) mass is 282 g/mol. The van der Waals surface area contributed by atoms with Crippen LogP contribution >= 0.6 is 11.6 Å². The van der Waals surface area contributed by atoms with Crippen LogP contribution in [0.3, 0.4) is 0 Å². The molecular weight excluding hydrogens is 268 g/mol. The van der Waals surface area contributed by atoms with Gasteiger partial charge in [-0.1, -0.05) is 44.2 Å². The highest BCUT2D eigenvalue weighted by atomic mass is 35.5. The van der Waals surface area contributed by atoms with Crippen molar-refractivity contribution < 1.29 is 19.1 Å². The van der Waals surface area contributed by atoms with Crippen LogP contribution in [0, 0.1) is 5.41 Å². The second-order valence-electron chi connectivity index (χ2n) is 5.19. The molecule has 2 rings (SSSR count). The molecule has 0 unspecified atom stereocenters. The van der Waals surface area contributed by atoms with Crippen LogP contribution in [0.4, 0.5) is 0 Å². The predicted octanol–water partition coefficient (Wildman–Crippen LogP) is 2.46. The number of rotatable bonds is 3. The van der Waals surface area contributed by atoms with E-state index in [-0.39, 0.29) is 6.61 Å². The van der Waals surface area contributed by atoms with Gasteiger partial charge in [-0.3, -0.25) is 4.79 Å². The van der Waals surface area contributed by atoms with Crippen LogP contribution in [0.5, 0.6) is 0 Å². The molecular formula is C14H15ClO4. The van der Waals surface area contributed by atoms with Gasteiger partial charge in [-0.2, -0.15) is 0 Å². The fourth-order valence-electron chi connectivity index (χ4n) is 1.87. The molecule has 0 bridgehead atoms. The molecule has 1 aliphatic rings. The summed E-state index contributed by atoms with van der Waals surface area (Å²) >= 11 is 6.05. The standard InChI is InChI=1S/C14H15ClO4/c1-14(2)8-18-13(17)11(14)19-12(16)10(15)9-6-4-3-5-7-9/h3-7,10-11H,8H2,1-2H3/t10-,11+/m1/s1. The Labute approximate surface area is 116 Å². The average Bonchev–Trinajstić information content (AvgIpc) is 2.65. The summed E-state index contributed by atoms with van der Waals surface area (Å²) in [6.07, 6.45) is -0.898. The smallest absolute Gasteiger partial charge is 0.348 e. The Morgan fingerprint density at radius 2 is 2.05 bits per heavy atom. The summed E-state index contributed by atoms with van der Waals surface area (Å²) in [7, 11) is 0. The van der Waals surface area contributed by atoms with E-state index in [1.165, 1.54) is 0 Å². The van der Waals surface area contributed by atoms with Crippen molar-refractivity contribution in [2.75, 3.05) is 6.61 Å². The van der Waals surface area contributed by atoms with Gasteiger partial charge < -0.3 is 9.47 Å². The zero-order chi connectivity index (χ0) is 14.0. The van der Waals surface area contributed by atoms with Crippen LogP contribution in [0.25, 0.3) is 0 Å². The quantitative estimate of drug-likeness (QED) is 0.631. The summed E-state index contributed by atoms with van der Waals surface area (Å²) in [5.41, 5.74) is 0.110. The molecule has 0 aliphatic carbocycles. The molecule has 102 valence electrons. The summed E-state index contributed by atoms with van der Waals surface area (Å²) in [4.78, 5) is 23.5. The third-order valence-corrected chi connectivity index (χ3v) is 3.47. The van der Waals surface area contributed by atoms with Gasteiger partial charge in [0.2, 0.25) is 6.10 Å². The van der Waals surface area contributed by atoms with Gasteiger partial charge in [-0.25, -0.2) is 4.79 Å². The van der Waals surface area contributed by atoms with E-state index in [4.69, 9.17) is 21.1 Å². The van der Waals surface area contributed by atoms with Gasteiger partial charge in [0.25, 0.3) is 0 Å². The molecule has 0 aromatic heterocycles. The molecule has 4 nitrogen and oxygen atoms in total. The number of ether oxygens (including phenoxy) is 2. The van der Waals surface area contributed by atoms with E-state index in [1.807, 2.05) is 19.9 Å². The largest absolute Gasteiger partial charge is 0.462 e. The number of esters is 2. The number of carbonyl (C=O) groups excluding carboxylic acids is 2. The molecule has 0 radical (unpaired) electrons. The summed E-state index contributed by atoms with van der Waals surface area (Å²) in [6, 6.07) is 8.86. The molecule has 19 heavy (non-hydrogen) atoms. The molecule has 1 aliphatic heterocycles. The minimum atomic E-state index is -0.926. The van der Waals surface area contributed by atoms with Crippen LogP contribution in [-0.4, -0.2) is 24.6 Å². The van der Waals surface area contributed by atoms with E-state index in [2.05, 4.69) is 0 Å². The number of hydrogen-bond donors (Lipinski definition) is 0. The maximum Gasteiger partial charge on any atom is 0.348 e. The molecule has 1 aromatic carbocycles. The first-order valence-corrected chi connectivity index (χ1v) is 6.41. The Hall–Kier alpha value is -1.55. The lowest BCUT2D eigenvalue weighted by atomic mass is 9.90. The molecule has 0 spiro atoms. The molecule has 0 amide bonds. The van der Waals surface area contributed by atoms with Gasteiger partial charge in [0, 0.05) is 5.41 Å². The molecule has 0 saturated carbocycles. The highest BCUT2D eigenvalue weighted by Crippen LogP contribution is 2.33. The molecule has 5 heteroatoms. The summed E-state index contributed by atoms with van der Waals surface area (Å²) in [5, 5.41) is -0.926. The van der Waals surface area contributed by atoms with Crippen molar-refractivity contribution in [2.45, 2.75) is 25.3 Å². The molecule has 1 saturated heterocycles. The molecule has 2 atom stereocenters. The second-order valence-corrected chi connectivity index (χ2v) is 5.62. The Morgan fingerprint density at radius 1 is 1.42 bits per heavy atom. The molecule has 0 N–H and O–H groups in total. The van der Waals surface area contributed by atoms with E-state index in [9.17, 15) is 9.59 Å². The maximum atomic E-state index is 12.0. The van der Waals surface area contributed by atoms with Gasteiger partial charge in [-0.15, -0.1) is 11.6 Å². The lowest BCUT2D eigenvalue weighted by Gasteiger charge is -2.22. The van der Waals surface area contributed by atoms with Gasteiger partial charge in [-0.05, 0) is 5.56 Å². The topological polar surface area (TPSA) is 52.6 Å². The van der Waals surface area contributed by atoms with Gasteiger partial charge >= 0.3 is 11.9 Å². The van der Waals surface area contributed by atoms with Gasteiger partial charge in [0.15, 0.2) is 5.38 Å². The average molecular weight is 283 g/mol. The van der Waals surface area contributed by atoms with Crippen LogP contribution in [-0.2, 0) is 19.1 Å². The number of carbonyl (C=O) groups is 2. The SMILES string of the molecule is CC1(C)COC(=O)[C@@H]1OC(=O)[C@H](Cl)c1ccccc1. The van der Waals surface area contributed by atoms with Gasteiger partial charge in [0.05, 0.1) is 0 Å². The van der Waals surface area contributed by atoms with Crippen molar-refractivity contribution in [3.05, 3.63) is 35.9 Å². The van der Waals surface area contributed by atoms with Crippen molar-refractivity contribution in [2.24, 2.45) is 5.41 Å². The minimum absolute atomic E-state index is 0.238. The predicted molar refractivity (Wildman–Crippen MR) is 69.7 cm³/mol. The van der Waals surface area contributed by atoms with E-state index < -0.39 is 28.8 Å². The lowest BCUT2D eigenvalue weighted by Crippen LogP contribution is -2.35. The fraction of sp³-hybridized carbons (Fsp3) is 0.429. The normalized spacial score (nSPS) is 22.7. The van der Waals surface area contributed by atoms with E-state index >= 15 is 0 Å². The highest BCUT2D eigenvalue weighted by Gasteiger charge is 2.47. The van der Waals surface area contributed by atoms with Crippen molar-refractivity contribution in [3.8, 4) is 0 Å². The van der Waals surface area contributed by atoms with Crippen molar-refractivity contribution in [3.63, 3.8) is 0 Å². The number of halogens is 1. The van der Waals surface area contributed by atoms with Crippen molar-refractivity contribution >= 4 is 23.5 Å². The zero-order valence-corrected chi connectivity index (χ0v) is 11.5. The maximum absolute atomic E-state index is 12.0. The van der Waals surface area contributed by atoms with Crippen LogP contribution < -0.4 is 0 Å². The number of hydrogen-bond acceptors (Lipinski definition) is 4. The highest BCUT2D eigenvalue weighted by molar-refractivity contribution is 6.30. The van der Waals surface area contributed by atoms with E-state index in [0.717, 1.165) is 0 Å². The number of alkyl halides is 1. The van der Waals surface area contributed by atoms with Crippen LogP contribution in [0.15, 0.2) is 30.3 Å². The summed E-state index contributed by atoms with van der Waals surface area (Å²) in [6.45, 7) is 3.85. The number of benzene rings is 1. The molecule has 1 aromatic rings. The first kappa shape index (κ1) is 13.9. The second kappa shape index (κ2) is 5.21. The Morgan fingerprint density at radius 3 is 2.58 bits per heavy atom. The Bertz CT molecular complexity index is 483. The van der Waals surface area contributed by atoms with E-state index in [0.29, 0.717) is 5.56 Å². The minimum Gasteiger partial charge on any atom is -0.462 e. The molecule has 1 fully saturated rings. The first-order valence-electron chi connectivity index (χ1n) is 5.98. The first-order chi connectivity index (χ1) is 8.92. The lowest BCUT2D eigenvalue weighted by molar-refractivity contribution is -0.162. The van der Waals surface area contributed by atoms with Gasteiger partial charge in [0.1, 0.15) is 6.61 Å². The van der Waals surface area contributed by atoms with Crippen LogP contribution in [0.1, 0.15) is 24.8 Å². The Kier molecular flexibility index (Phi) is 3.80. The summed E-state index contributed by atoms with van der Waals surface area (Å²) < 4.78 is 10.1. The molecule has 1 heterocycles. The Balaban J connectivity index is 2.07. The van der Waals surface area contributed by atoms with Crippen molar-refractivity contribution in [1.82, 2.24) is 0 Å². The van der Waals surface area contributed by atoms with Crippen molar-refractivity contribution in [1.29, 1.82) is 0 Å². The summed E-state index contributed by atoms with van der Waals surface area (Å²) in [5.74, 6) is -1.15. The fourth-order valence-corrected chi connectivity index (χ4v) is 2.07. The van der Waals surface area contributed by atoms with E-state index in [1.54, 1.807) is 24.3 Å².